The number of esters is 1. The fraction of sp³-hybridized carbons (Fsp3) is 0.278. The van der Waals surface area contributed by atoms with Crippen LogP contribution in [0.5, 0.6) is 0 Å². The van der Waals surface area contributed by atoms with Crippen LogP contribution in [0, 0.1) is 6.92 Å². The molecule has 21 heavy (non-hydrogen) atoms. The van der Waals surface area contributed by atoms with E-state index in [4.69, 9.17) is 4.74 Å². The van der Waals surface area contributed by atoms with Crippen molar-refractivity contribution in [1.29, 1.82) is 0 Å². The van der Waals surface area contributed by atoms with E-state index in [2.05, 4.69) is 31.2 Å². The fourth-order valence-corrected chi connectivity index (χ4v) is 3.32. The molecule has 0 heterocycles. The van der Waals surface area contributed by atoms with Gasteiger partial charge in [0, 0.05) is 11.5 Å². The van der Waals surface area contributed by atoms with E-state index in [0.29, 0.717) is 0 Å². The quantitative estimate of drug-likeness (QED) is 0.748. The molecule has 1 atom stereocenters. The lowest BCUT2D eigenvalue weighted by Crippen LogP contribution is -2.16. The Bertz CT molecular complexity index is 581. The molecule has 0 aromatic heterocycles. The lowest BCUT2D eigenvalue weighted by atomic mass is 10.0. The first-order valence-corrected chi connectivity index (χ1v) is 8.12. The number of carbonyl (C=O) groups is 1. The number of rotatable bonds is 6. The van der Waals surface area contributed by atoms with Gasteiger partial charge in [-0.2, -0.15) is 11.8 Å². The number of benzene rings is 2. The molecule has 0 N–H and O–H groups in total. The number of hydrogen-bond donors (Lipinski definition) is 0. The molecule has 2 aromatic rings. The van der Waals surface area contributed by atoms with Gasteiger partial charge in [0.15, 0.2) is 0 Å². The van der Waals surface area contributed by atoms with Crippen LogP contribution in [0.4, 0.5) is 0 Å². The third-order valence-electron chi connectivity index (χ3n) is 3.32. The van der Waals surface area contributed by atoms with Crippen molar-refractivity contribution in [3.63, 3.8) is 0 Å². The van der Waals surface area contributed by atoms with Crippen molar-refractivity contribution >= 4 is 17.7 Å². The zero-order valence-corrected chi connectivity index (χ0v) is 13.2. The smallest absolute Gasteiger partial charge is 0.313 e. The Kier molecular flexibility index (Phi) is 5.88. The van der Waals surface area contributed by atoms with E-state index in [-0.39, 0.29) is 11.9 Å². The van der Waals surface area contributed by atoms with E-state index in [1.54, 1.807) is 11.8 Å². The van der Waals surface area contributed by atoms with Crippen molar-refractivity contribution in [3.8, 4) is 0 Å². The number of aryl methyl sites for hydroxylation is 1. The van der Waals surface area contributed by atoms with Crippen LogP contribution in [0.25, 0.3) is 0 Å². The second kappa shape index (κ2) is 7.89. The van der Waals surface area contributed by atoms with Crippen molar-refractivity contribution < 1.29 is 9.53 Å². The van der Waals surface area contributed by atoms with E-state index in [1.807, 2.05) is 30.3 Å². The molecule has 2 rings (SSSR count). The van der Waals surface area contributed by atoms with Crippen molar-refractivity contribution in [1.82, 2.24) is 0 Å². The largest absolute Gasteiger partial charge is 0.469 e. The summed E-state index contributed by atoms with van der Waals surface area (Å²) in [5.41, 5.74) is 3.57. The predicted molar refractivity (Wildman–Crippen MR) is 88.5 cm³/mol. The molecule has 3 heteroatoms. The Labute approximate surface area is 130 Å². The van der Waals surface area contributed by atoms with Gasteiger partial charge in [0.1, 0.15) is 0 Å². The molecular formula is C18H20O2S. The Morgan fingerprint density at radius 2 is 1.90 bits per heavy atom. The van der Waals surface area contributed by atoms with Crippen molar-refractivity contribution in [2.45, 2.75) is 18.6 Å². The summed E-state index contributed by atoms with van der Waals surface area (Å²) in [6, 6.07) is 18.3. The van der Waals surface area contributed by atoms with Gasteiger partial charge in [0.2, 0.25) is 0 Å². The number of methoxy groups -OCH3 is 1. The molecule has 0 saturated carbocycles. The highest BCUT2D eigenvalue weighted by molar-refractivity contribution is 7.98. The summed E-state index contributed by atoms with van der Waals surface area (Å²) in [5.74, 6) is 1.26. The fourth-order valence-electron chi connectivity index (χ4n) is 2.22. The highest BCUT2D eigenvalue weighted by Crippen LogP contribution is 2.24. The molecule has 2 nitrogen and oxygen atoms in total. The minimum Gasteiger partial charge on any atom is -0.469 e. The van der Waals surface area contributed by atoms with Gasteiger partial charge in [0.25, 0.3) is 0 Å². The van der Waals surface area contributed by atoms with Gasteiger partial charge in [-0.1, -0.05) is 60.2 Å². The second-order valence-corrected chi connectivity index (χ2v) is 6.02. The summed E-state index contributed by atoms with van der Waals surface area (Å²) in [4.78, 5) is 12.0. The first-order chi connectivity index (χ1) is 10.2. The van der Waals surface area contributed by atoms with E-state index in [1.165, 1.54) is 18.2 Å². The molecule has 0 aliphatic rings. The average Bonchev–Trinajstić information content (AvgIpc) is 2.52. The molecule has 0 saturated heterocycles. The van der Waals surface area contributed by atoms with Gasteiger partial charge in [-0.25, -0.2) is 0 Å². The molecule has 0 radical (unpaired) electrons. The summed E-state index contributed by atoms with van der Waals surface area (Å²) in [6.07, 6.45) is 0. The third-order valence-corrected chi connectivity index (χ3v) is 4.43. The van der Waals surface area contributed by atoms with Crippen LogP contribution >= 0.6 is 11.8 Å². The van der Waals surface area contributed by atoms with Gasteiger partial charge in [-0.15, -0.1) is 0 Å². The maximum atomic E-state index is 12.0. The second-order valence-electron chi connectivity index (χ2n) is 4.99. The molecule has 2 aromatic carbocycles. The SMILES string of the molecule is COC(=O)C(CSCc1cccc(C)c1)c1ccccc1. The molecule has 0 bridgehead atoms. The van der Waals surface area contributed by atoms with E-state index in [0.717, 1.165) is 17.1 Å². The summed E-state index contributed by atoms with van der Waals surface area (Å²) in [6.45, 7) is 2.09. The Morgan fingerprint density at radius 1 is 1.14 bits per heavy atom. The van der Waals surface area contributed by atoms with Gasteiger partial charge >= 0.3 is 5.97 Å². The molecule has 0 aliphatic carbocycles. The molecule has 110 valence electrons. The Hall–Kier alpha value is -1.74. The summed E-state index contributed by atoms with van der Waals surface area (Å²) < 4.78 is 4.94. The minimum absolute atomic E-state index is 0.169. The lowest BCUT2D eigenvalue weighted by Gasteiger charge is -2.14. The highest BCUT2D eigenvalue weighted by Gasteiger charge is 2.21. The molecule has 0 aliphatic heterocycles. The maximum absolute atomic E-state index is 12.0. The number of thioether (sulfide) groups is 1. The average molecular weight is 300 g/mol. The monoisotopic (exact) mass is 300 g/mol. The predicted octanol–water partition coefficient (Wildman–Crippen LogP) is 4.19. The first kappa shape index (κ1) is 15.6. The normalized spacial score (nSPS) is 11.9. The zero-order chi connectivity index (χ0) is 15.1. The standard InChI is InChI=1S/C18H20O2S/c1-14-7-6-8-15(11-14)12-21-13-17(18(19)20-2)16-9-4-3-5-10-16/h3-11,17H,12-13H2,1-2H3. The molecule has 0 amide bonds. The third kappa shape index (κ3) is 4.64. The van der Waals surface area contributed by atoms with Gasteiger partial charge in [-0.05, 0) is 18.1 Å². The number of ether oxygens (including phenoxy) is 1. The van der Waals surface area contributed by atoms with Crippen LogP contribution in [0.2, 0.25) is 0 Å². The van der Waals surface area contributed by atoms with Crippen LogP contribution in [0.15, 0.2) is 54.6 Å². The summed E-state index contributed by atoms with van der Waals surface area (Å²) in [5, 5.41) is 0. The van der Waals surface area contributed by atoms with E-state index >= 15 is 0 Å². The summed E-state index contributed by atoms with van der Waals surface area (Å²) in [7, 11) is 1.45. The van der Waals surface area contributed by atoms with Crippen molar-refractivity contribution in [3.05, 3.63) is 71.3 Å². The minimum atomic E-state index is -0.203. The Morgan fingerprint density at radius 3 is 2.57 bits per heavy atom. The van der Waals surface area contributed by atoms with Gasteiger partial charge < -0.3 is 4.74 Å². The van der Waals surface area contributed by atoms with Crippen LogP contribution in [0.1, 0.15) is 22.6 Å². The van der Waals surface area contributed by atoms with Crippen LogP contribution in [-0.2, 0) is 15.3 Å². The van der Waals surface area contributed by atoms with Crippen molar-refractivity contribution in [2.75, 3.05) is 12.9 Å². The van der Waals surface area contributed by atoms with Gasteiger partial charge in [-0.3, -0.25) is 4.79 Å². The van der Waals surface area contributed by atoms with Crippen LogP contribution in [0.3, 0.4) is 0 Å². The number of carbonyl (C=O) groups excluding carboxylic acids is 1. The zero-order valence-electron chi connectivity index (χ0n) is 12.4. The molecule has 0 fully saturated rings. The first-order valence-electron chi connectivity index (χ1n) is 6.97. The van der Waals surface area contributed by atoms with Crippen molar-refractivity contribution in [2.24, 2.45) is 0 Å². The van der Waals surface area contributed by atoms with E-state index in [9.17, 15) is 4.79 Å². The molecule has 1 unspecified atom stereocenters. The van der Waals surface area contributed by atoms with Crippen LogP contribution < -0.4 is 0 Å². The molecule has 0 spiro atoms. The highest BCUT2D eigenvalue weighted by atomic mass is 32.2. The van der Waals surface area contributed by atoms with Crippen LogP contribution in [-0.4, -0.2) is 18.8 Å². The van der Waals surface area contributed by atoms with Gasteiger partial charge in [0.05, 0.1) is 13.0 Å². The lowest BCUT2D eigenvalue weighted by molar-refractivity contribution is -0.141. The Balaban J connectivity index is 1.98. The topological polar surface area (TPSA) is 26.3 Å². The molecular weight excluding hydrogens is 280 g/mol. The number of hydrogen-bond acceptors (Lipinski definition) is 3. The maximum Gasteiger partial charge on any atom is 0.313 e. The van der Waals surface area contributed by atoms with E-state index < -0.39 is 0 Å². The summed E-state index contributed by atoms with van der Waals surface area (Å²) >= 11 is 1.76.